The van der Waals surface area contributed by atoms with Crippen molar-refractivity contribution in [1.82, 2.24) is 10.3 Å². The van der Waals surface area contributed by atoms with Crippen molar-refractivity contribution in [1.29, 1.82) is 0 Å². The second kappa shape index (κ2) is 3.48. The topological polar surface area (TPSA) is 45.2 Å². The van der Waals surface area contributed by atoms with Crippen LogP contribution in [0.15, 0.2) is 36.5 Å². The first-order valence-corrected chi connectivity index (χ1v) is 5.25. The Morgan fingerprint density at radius 1 is 1.31 bits per heavy atom. The van der Waals surface area contributed by atoms with Gasteiger partial charge in [0, 0.05) is 30.4 Å². The molecule has 2 heterocycles. The first-order chi connectivity index (χ1) is 7.84. The van der Waals surface area contributed by atoms with E-state index in [0.717, 1.165) is 23.1 Å². The zero-order valence-electron chi connectivity index (χ0n) is 8.68. The fourth-order valence-corrected chi connectivity index (χ4v) is 1.95. The van der Waals surface area contributed by atoms with Crippen LogP contribution in [0.4, 0.5) is 10.5 Å². The average Bonchev–Trinajstić information content (AvgIpc) is 2.75. The summed E-state index contributed by atoms with van der Waals surface area (Å²) in [5, 5.41) is 3.84. The van der Waals surface area contributed by atoms with Gasteiger partial charge in [0.25, 0.3) is 0 Å². The number of rotatable bonds is 1. The van der Waals surface area contributed by atoms with Crippen molar-refractivity contribution in [2.24, 2.45) is 0 Å². The van der Waals surface area contributed by atoms with Crippen LogP contribution in [0.25, 0.3) is 10.9 Å². The van der Waals surface area contributed by atoms with Crippen LogP contribution in [0.3, 0.4) is 0 Å². The number of urea groups is 1. The van der Waals surface area contributed by atoms with Gasteiger partial charge in [-0.2, -0.15) is 0 Å². The van der Waals surface area contributed by atoms with E-state index in [1.165, 1.54) is 0 Å². The highest BCUT2D eigenvalue weighted by Gasteiger charge is 2.20. The van der Waals surface area contributed by atoms with Crippen LogP contribution in [0.2, 0.25) is 0 Å². The second-order valence-corrected chi connectivity index (χ2v) is 3.76. The lowest BCUT2D eigenvalue weighted by Gasteiger charge is -2.14. The van der Waals surface area contributed by atoms with E-state index in [1.807, 2.05) is 30.3 Å². The lowest BCUT2D eigenvalue weighted by atomic mass is 10.2. The maximum absolute atomic E-state index is 11.5. The van der Waals surface area contributed by atoms with Crippen LogP contribution in [-0.4, -0.2) is 24.1 Å². The number of carbonyl (C=O) groups is 1. The van der Waals surface area contributed by atoms with Gasteiger partial charge in [0.05, 0.1) is 5.52 Å². The number of carbonyl (C=O) groups excluding carboxylic acids is 1. The first-order valence-electron chi connectivity index (χ1n) is 5.25. The number of hydrogen-bond donors (Lipinski definition) is 1. The Morgan fingerprint density at radius 3 is 3.06 bits per heavy atom. The van der Waals surface area contributed by atoms with Gasteiger partial charge in [-0.05, 0) is 24.3 Å². The number of amides is 2. The van der Waals surface area contributed by atoms with E-state index in [-0.39, 0.29) is 6.03 Å². The van der Waals surface area contributed by atoms with Crippen LogP contribution >= 0.6 is 0 Å². The minimum atomic E-state index is -0.0248. The lowest BCUT2D eigenvalue weighted by molar-refractivity contribution is 0.252. The van der Waals surface area contributed by atoms with E-state index in [9.17, 15) is 4.79 Å². The fraction of sp³-hybridized carbons (Fsp3) is 0.167. The number of fused-ring (bicyclic) bond motifs is 1. The molecule has 80 valence electrons. The van der Waals surface area contributed by atoms with Gasteiger partial charge in [-0.3, -0.25) is 9.88 Å². The molecule has 2 aromatic rings. The molecule has 0 spiro atoms. The summed E-state index contributed by atoms with van der Waals surface area (Å²) in [7, 11) is 0. The molecule has 2 amide bonds. The SMILES string of the molecule is O=C1NCCN1c1ccc2ncccc2c1. The average molecular weight is 213 g/mol. The Hall–Kier alpha value is -2.10. The van der Waals surface area contributed by atoms with Crippen molar-refractivity contribution >= 4 is 22.6 Å². The first kappa shape index (κ1) is 9.15. The molecule has 3 rings (SSSR count). The Labute approximate surface area is 92.9 Å². The quantitative estimate of drug-likeness (QED) is 0.784. The molecule has 1 N–H and O–H groups in total. The van der Waals surface area contributed by atoms with Crippen LogP contribution in [0.1, 0.15) is 0 Å². The van der Waals surface area contributed by atoms with Gasteiger partial charge in [-0.25, -0.2) is 4.79 Å². The van der Waals surface area contributed by atoms with Gasteiger partial charge in [0.15, 0.2) is 0 Å². The highest BCUT2D eigenvalue weighted by Crippen LogP contribution is 2.21. The maximum Gasteiger partial charge on any atom is 0.321 e. The summed E-state index contributed by atoms with van der Waals surface area (Å²) in [5.41, 5.74) is 1.88. The summed E-state index contributed by atoms with van der Waals surface area (Å²) in [5.74, 6) is 0. The molecule has 0 atom stereocenters. The molecule has 0 bridgehead atoms. The largest absolute Gasteiger partial charge is 0.336 e. The second-order valence-electron chi connectivity index (χ2n) is 3.76. The predicted octanol–water partition coefficient (Wildman–Crippen LogP) is 1.76. The molecule has 4 nitrogen and oxygen atoms in total. The van der Waals surface area contributed by atoms with Crippen LogP contribution in [-0.2, 0) is 0 Å². The summed E-state index contributed by atoms with van der Waals surface area (Å²) in [6.45, 7) is 1.44. The molecule has 1 aliphatic rings. The Kier molecular flexibility index (Phi) is 1.99. The zero-order valence-corrected chi connectivity index (χ0v) is 8.68. The van der Waals surface area contributed by atoms with E-state index >= 15 is 0 Å². The smallest absolute Gasteiger partial charge is 0.321 e. The van der Waals surface area contributed by atoms with Gasteiger partial charge in [0.1, 0.15) is 0 Å². The molecule has 1 saturated heterocycles. The van der Waals surface area contributed by atoms with Gasteiger partial charge in [0.2, 0.25) is 0 Å². The van der Waals surface area contributed by atoms with Gasteiger partial charge < -0.3 is 5.32 Å². The summed E-state index contributed by atoms with van der Waals surface area (Å²) >= 11 is 0. The van der Waals surface area contributed by atoms with Crippen LogP contribution in [0, 0.1) is 0 Å². The number of anilines is 1. The molecule has 1 aromatic carbocycles. The standard InChI is InChI=1S/C12H11N3O/c16-12-14-6-7-15(12)10-3-4-11-9(8-10)2-1-5-13-11/h1-5,8H,6-7H2,(H,14,16). The summed E-state index contributed by atoms with van der Waals surface area (Å²) in [4.78, 5) is 17.5. The van der Waals surface area contributed by atoms with Gasteiger partial charge in [-0.15, -0.1) is 0 Å². The zero-order chi connectivity index (χ0) is 11.0. The molecule has 1 aliphatic heterocycles. The number of benzene rings is 1. The van der Waals surface area contributed by atoms with Crippen molar-refractivity contribution in [2.75, 3.05) is 18.0 Å². The number of pyridine rings is 1. The van der Waals surface area contributed by atoms with Crippen molar-refractivity contribution < 1.29 is 4.79 Å². The number of nitrogens with one attached hydrogen (secondary N) is 1. The fourth-order valence-electron chi connectivity index (χ4n) is 1.95. The van der Waals surface area contributed by atoms with Gasteiger partial charge in [-0.1, -0.05) is 6.07 Å². The molecule has 0 aliphatic carbocycles. The number of hydrogen-bond acceptors (Lipinski definition) is 2. The monoisotopic (exact) mass is 213 g/mol. The summed E-state index contributed by atoms with van der Waals surface area (Å²) < 4.78 is 0. The molecule has 1 fully saturated rings. The molecule has 0 radical (unpaired) electrons. The van der Waals surface area contributed by atoms with Gasteiger partial charge >= 0.3 is 6.03 Å². The molecular formula is C12H11N3O. The number of aromatic nitrogens is 1. The van der Waals surface area contributed by atoms with Crippen LogP contribution in [0.5, 0.6) is 0 Å². The van der Waals surface area contributed by atoms with Crippen molar-refractivity contribution in [3.8, 4) is 0 Å². The van der Waals surface area contributed by atoms with E-state index in [0.29, 0.717) is 6.54 Å². The third-order valence-corrected chi connectivity index (χ3v) is 2.76. The molecule has 4 heteroatoms. The minimum Gasteiger partial charge on any atom is -0.336 e. The number of nitrogens with zero attached hydrogens (tertiary/aromatic N) is 2. The van der Waals surface area contributed by atoms with E-state index in [1.54, 1.807) is 11.1 Å². The molecular weight excluding hydrogens is 202 g/mol. The highest BCUT2D eigenvalue weighted by molar-refractivity contribution is 5.96. The molecule has 16 heavy (non-hydrogen) atoms. The third kappa shape index (κ3) is 1.39. The van der Waals surface area contributed by atoms with Crippen LogP contribution < -0.4 is 10.2 Å². The Balaban J connectivity index is 2.08. The van der Waals surface area contributed by atoms with Crippen molar-refractivity contribution in [3.63, 3.8) is 0 Å². The third-order valence-electron chi connectivity index (χ3n) is 2.76. The summed E-state index contributed by atoms with van der Waals surface area (Å²) in [6.07, 6.45) is 1.77. The molecule has 0 saturated carbocycles. The van der Waals surface area contributed by atoms with E-state index < -0.39 is 0 Å². The molecule has 1 aromatic heterocycles. The maximum atomic E-state index is 11.5. The van der Waals surface area contributed by atoms with Crippen molar-refractivity contribution in [3.05, 3.63) is 36.5 Å². The predicted molar refractivity (Wildman–Crippen MR) is 62.5 cm³/mol. The van der Waals surface area contributed by atoms with E-state index in [2.05, 4.69) is 10.3 Å². The molecule has 0 unspecified atom stereocenters. The summed E-state index contributed by atoms with van der Waals surface area (Å²) in [6, 6.07) is 9.74. The Bertz CT molecular complexity index is 553. The van der Waals surface area contributed by atoms with Crippen molar-refractivity contribution in [2.45, 2.75) is 0 Å². The minimum absolute atomic E-state index is 0.0248. The van der Waals surface area contributed by atoms with E-state index in [4.69, 9.17) is 0 Å². The Morgan fingerprint density at radius 2 is 2.25 bits per heavy atom. The normalized spacial score (nSPS) is 15.5. The lowest BCUT2D eigenvalue weighted by Crippen LogP contribution is -2.27. The highest BCUT2D eigenvalue weighted by atomic mass is 16.2.